The zero-order chi connectivity index (χ0) is 15.7. The molecule has 22 heavy (non-hydrogen) atoms. The normalized spacial score (nSPS) is 10.6. The second-order valence-corrected chi connectivity index (χ2v) is 4.82. The predicted octanol–water partition coefficient (Wildman–Crippen LogP) is 3.97. The molecule has 1 heterocycles. The fraction of sp³-hybridized carbons (Fsp3) is 0.0625. The van der Waals surface area contributed by atoms with Gasteiger partial charge in [-0.05, 0) is 6.07 Å². The summed E-state index contributed by atoms with van der Waals surface area (Å²) in [6.07, 6.45) is 0. The zero-order valence-corrected chi connectivity index (χ0v) is 11.7. The van der Waals surface area contributed by atoms with E-state index in [2.05, 4.69) is 5.32 Å². The van der Waals surface area contributed by atoms with Gasteiger partial charge in [-0.3, -0.25) is 14.9 Å². The maximum atomic E-state index is 11.3. The highest BCUT2D eigenvalue weighted by Crippen LogP contribution is 2.35. The summed E-state index contributed by atoms with van der Waals surface area (Å²) in [5.41, 5.74) is 1.44. The van der Waals surface area contributed by atoms with Crippen molar-refractivity contribution in [2.75, 3.05) is 5.32 Å². The largest absolute Gasteiger partial charge is 0.456 e. The van der Waals surface area contributed by atoms with Crippen LogP contribution in [0.4, 0.5) is 11.4 Å². The monoisotopic (exact) mass is 296 g/mol. The second kappa shape index (κ2) is 5.33. The number of rotatable bonds is 3. The highest BCUT2D eigenvalue weighted by molar-refractivity contribution is 6.02. The van der Waals surface area contributed by atoms with E-state index in [1.54, 1.807) is 6.07 Å². The van der Waals surface area contributed by atoms with E-state index in [4.69, 9.17) is 4.42 Å². The summed E-state index contributed by atoms with van der Waals surface area (Å²) in [6, 6.07) is 13.8. The Bertz CT molecular complexity index is 868. The lowest BCUT2D eigenvalue weighted by atomic mass is 10.1. The van der Waals surface area contributed by atoms with Crippen LogP contribution >= 0.6 is 0 Å². The van der Waals surface area contributed by atoms with Crippen molar-refractivity contribution in [2.24, 2.45) is 0 Å². The summed E-state index contributed by atoms with van der Waals surface area (Å²) in [6.45, 7) is 1.35. The highest BCUT2D eigenvalue weighted by Gasteiger charge is 2.17. The predicted molar refractivity (Wildman–Crippen MR) is 82.6 cm³/mol. The lowest BCUT2D eigenvalue weighted by molar-refractivity contribution is -0.384. The van der Waals surface area contributed by atoms with E-state index in [9.17, 15) is 14.9 Å². The fourth-order valence-corrected chi connectivity index (χ4v) is 2.27. The second-order valence-electron chi connectivity index (χ2n) is 4.82. The first-order chi connectivity index (χ1) is 10.5. The van der Waals surface area contributed by atoms with Crippen LogP contribution in [0.2, 0.25) is 0 Å². The number of hydrogen-bond donors (Lipinski definition) is 1. The van der Waals surface area contributed by atoms with Crippen molar-refractivity contribution in [1.29, 1.82) is 0 Å². The Hall–Kier alpha value is -3.15. The first kappa shape index (κ1) is 13.8. The minimum Gasteiger partial charge on any atom is -0.456 e. The molecule has 2 aromatic carbocycles. The molecule has 110 valence electrons. The molecule has 1 N–H and O–H groups in total. The number of non-ortho nitro benzene ring substituents is 1. The number of amides is 1. The molecule has 0 aliphatic rings. The molecule has 1 amide bonds. The third-order valence-electron chi connectivity index (χ3n) is 3.20. The SMILES string of the molecule is CC(=O)Nc1cc([N+](=O)[O-])cc2oc(-c3ccccc3)cc12. The Balaban J connectivity index is 2.21. The molecule has 3 rings (SSSR count). The molecule has 6 nitrogen and oxygen atoms in total. The van der Waals surface area contributed by atoms with Gasteiger partial charge in [0.25, 0.3) is 5.69 Å². The van der Waals surface area contributed by atoms with Gasteiger partial charge in [-0.25, -0.2) is 0 Å². The molecular weight excluding hydrogens is 284 g/mol. The van der Waals surface area contributed by atoms with E-state index in [0.717, 1.165) is 5.56 Å². The van der Waals surface area contributed by atoms with Crippen molar-refractivity contribution < 1.29 is 14.1 Å². The molecule has 0 radical (unpaired) electrons. The molecule has 0 bridgehead atoms. The van der Waals surface area contributed by atoms with Gasteiger partial charge < -0.3 is 9.73 Å². The average molecular weight is 296 g/mol. The van der Waals surface area contributed by atoms with Gasteiger partial charge in [-0.1, -0.05) is 30.3 Å². The van der Waals surface area contributed by atoms with Crippen LogP contribution in [0.3, 0.4) is 0 Å². The van der Waals surface area contributed by atoms with Gasteiger partial charge in [-0.15, -0.1) is 0 Å². The first-order valence-corrected chi connectivity index (χ1v) is 6.59. The molecule has 0 fully saturated rings. The lowest BCUT2D eigenvalue weighted by Gasteiger charge is -2.02. The maximum Gasteiger partial charge on any atom is 0.275 e. The summed E-state index contributed by atoms with van der Waals surface area (Å²) in [5, 5.41) is 14.2. The van der Waals surface area contributed by atoms with Crippen LogP contribution in [0.15, 0.2) is 52.9 Å². The van der Waals surface area contributed by atoms with E-state index in [1.807, 2.05) is 30.3 Å². The summed E-state index contributed by atoms with van der Waals surface area (Å²) >= 11 is 0. The minimum atomic E-state index is -0.518. The molecule has 0 unspecified atom stereocenters. The van der Waals surface area contributed by atoms with E-state index >= 15 is 0 Å². The number of nitro benzene ring substituents is 1. The van der Waals surface area contributed by atoms with Gasteiger partial charge in [0, 0.05) is 23.9 Å². The average Bonchev–Trinajstić information content (AvgIpc) is 2.92. The topological polar surface area (TPSA) is 85.4 Å². The van der Waals surface area contributed by atoms with E-state index in [0.29, 0.717) is 22.4 Å². The van der Waals surface area contributed by atoms with Crippen molar-refractivity contribution in [3.05, 3.63) is 58.6 Å². The number of nitrogens with one attached hydrogen (secondary N) is 1. The van der Waals surface area contributed by atoms with Gasteiger partial charge in [-0.2, -0.15) is 0 Å². The number of nitro groups is 1. The van der Waals surface area contributed by atoms with Crippen molar-refractivity contribution >= 4 is 28.3 Å². The summed E-state index contributed by atoms with van der Waals surface area (Å²) in [4.78, 5) is 21.8. The van der Waals surface area contributed by atoms with Crippen LogP contribution in [0.1, 0.15) is 6.92 Å². The third kappa shape index (κ3) is 2.54. The van der Waals surface area contributed by atoms with Crippen LogP contribution in [0.5, 0.6) is 0 Å². The smallest absolute Gasteiger partial charge is 0.275 e. The molecule has 0 spiro atoms. The Labute approximate surface area is 125 Å². The summed E-state index contributed by atoms with van der Waals surface area (Å²) in [7, 11) is 0. The molecule has 6 heteroatoms. The molecular formula is C16H12N2O4. The number of anilines is 1. The van der Waals surface area contributed by atoms with E-state index < -0.39 is 4.92 Å². The molecule has 1 aromatic heterocycles. The molecule has 0 aliphatic heterocycles. The number of carbonyl (C=O) groups is 1. The summed E-state index contributed by atoms with van der Waals surface area (Å²) < 4.78 is 5.71. The molecule has 0 aliphatic carbocycles. The van der Waals surface area contributed by atoms with Gasteiger partial charge in [0.05, 0.1) is 16.7 Å². The van der Waals surface area contributed by atoms with Crippen LogP contribution < -0.4 is 5.32 Å². The van der Waals surface area contributed by atoms with Crippen molar-refractivity contribution in [3.8, 4) is 11.3 Å². The number of hydrogen-bond acceptors (Lipinski definition) is 4. The van der Waals surface area contributed by atoms with Crippen molar-refractivity contribution in [3.63, 3.8) is 0 Å². The number of furan rings is 1. The van der Waals surface area contributed by atoms with Gasteiger partial charge >= 0.3 is 0 Å². The molecule has 3 aromatic rings. The Morgan fingerprint density at radius 1 is 1.18 bits per heavy atom. The minimum absolute atomic E-state index is 0.134. The number of nitrogens with zero attached hydrogens (tertiary/aromatic N) is 1. The zero-order valence-electron chi connectivity index (χ0n) is 11.7. The number of benzene rings is 2. The lowest BCUT2D eigenvalue weighted by Crippen LogP contribution is -2.06. The van der Waals surface area contributed by atoms with E-state index in [-0.39, 0.29) is 11.6 Å². The third-order valence-corrected chi connectivity index (χ3v) is 3.20. The van der Waals surface area contributed by atoms with Crippen LogP contribution in [-0.4, -0.2) is 10.8 Å². The van der Waals surface area contributed by atoms with Crippen LogP contribution in [0, 0.1) is 10.1 Å². The number of fused-ring (bicyclic) bond motifs is 1. The highest BCUT2D eigenvalue weighted by atomic mass is 16.6. The van der Waals surface area contributed by atoms with Gasteiger partial charge in [0.1, 0.15) is 11.3 Å². The standard InChI is InChI=1S/C16H12N2O4/c1-10(19)17-14-7-12(18(20)21)8-16-13(14)9-15(22-16)11-5-3-2-4-6-11/h2-9H,1H3,(H,17,19). The molecule has 0 atom stereocenters. The summed E-state index contributed by atoms with van der Waals surface area (Å²) in [5.74, 6) is 0.284. The van der Waals surface area contributed by atoms with Crippen LogP contribution in [0.25, 0.3) is 22.3 Å². The van der Waals surface area contributed by atoms with Crippen LogP contribution in [-0.2, 0) is 4.79 Å². The fourth-order valence-electron chi connectivity index (χ4n) is 2.27. The maximum absolute atomic E-state index is 11.3. The Morgan fingerprint density at radius 2 is 1.91 bits per heavy atom. The number of carbonyl (C=O) groups excluding carboxylic acids is 1. The quantitative estimate of drug-likeness (QED) is 0.585. The van der Waals surface area contributed by atoms with Crippen molar-refractivity contribution in [2.45, 2.75) is 6.92 Å². The Kier molecular flexibility index (Phi) is 3.34. The van der Waals surface area contributed by atoms with Crippen molar-refractivity contribution in [1.82, 2.24) is 0 Å². The Morgan fingerprint density at radius 3 is 2.55 bits per heavy atom. The first-order valence-electron chi connectivity index (χ1n) is 6.59. The van der Waals surface area contributed by atoms with Gasteiger partial charge in [0.15, 0.2) is 0 Å². The molecule has 0 saturated heterocycles. The van der Waals surface area contributed by atoms with E-state index in [1.165, 1.54) is 19.1 Å². The molecule has 0 saturated carbocycles. The van der Waals surface area contributed by atoms with Gasteiger partial charge in [0.2, 0.25) is 5.91 Å².